The van der Waals surface area contributed by atoms with E-state index >= 15 is 0 Å². The van der Waals surface area contributed by atoms with Gasteiger partial charge >= 0.3 is 6.18 Å². The number of amides is 1. The smallest absolute Gasteiger partial charge is 0.416 e. The summed E-state index contributed by atoms with van der Waals surface area (Å²) in [5.41, 5.74) is 2.52. The van der Waals surface area contributed by atoms with Crippen LogP contribution in [0.15, 0.2) is 82.7 Å². The molecule has 1 aromatic heterocycles. The Balaban J connectivity index is 1.54. The highest BCUT2D eigenvalue weighted by Gasteiger charge is 2.30. The standard InChI is InChI=1S/C35H40F3N5O3S/c1-5-31-33(45)39-34(47-24-26-10-18-30(46-4)19-11-26)43(40-31)23-32(44)42(21-20-41(6-2)7-3)22-25-8-12-27(13-9-25)28-14-16-29(17-15-28)35(36,37)38/h8-19H,5-7,20-24H2,1-4H3. The van der Waals surface area contributed by atoms with Crippen molar-refractivity contribution in [3.8, 4) is 16.9 Å². The Morgan fingerprint density at radius 2 is 1.47 bits per heavy atom. The van der Waals surface area contributed by atoms with Gasteiger partial charge in [-0.15, -0.1) is 0 Å². The van der Waals surface area contributed by atoms with Crippen LogP contribution in [0.1, 0.15) is 43.2 Å². The molecule has 0 aliphatic rings. The zero-order valence-electron chi connectivity index (χ0n) is 27.1. The summed E-state index contributed by atoms with van der Waals surface area (Å²) in [5.74, 6) is 1.09. The van der Waals surface area contributed by atoms with Crippen LogP contribution < -0.4 is 10.3 Å². The van der Waals surface area contributed by atoms with Gasteiger partial charge in [-0.05, 0) is 66.0 Å². The Labute approximate surface area is 277 Å². The Kier molecular flexibility index (Phi) is 12.6. The molecule has 1 heterocycles. The summed E-state index contributed by atoms with van der Waals surface area (Å²) in [4.78, 5) is 34.9. The van der Waals surface area contributed by atoms with Gasteiger partial charge in [-0.2, -0.15) is 23.3 Å². The Morgan fingerprint density at radius 1 is 0.872 bits per heavy atom. The molecule has 250 valence electrons. The minimum Gasteiger partial charge on any atom is -0.497 e. The molecule has 0 unspecified atom stereocenters. The van der Waals surface area contributed by atoms with Crippen molar-refractivity contribution in [2.75, 3.05) is 33.3 Å². The number of hydrogen-bond donors (Lipinski definition) is 0. The highest BCUT2D eigenvalue weighted by atomic mass is 32.2. The molecular formula is C35H40F3N5O3S. The summed E-state index contributed by atoms with van der Waals surface area (Å²) in [6.07, 6.45) is -4.00. The maximum atomic E-state index is 13.9. The third kappa shape index (κ3) is 9.92. The van der Waals surface area contributed by atoms with Gasteiger partial charge in [0, 0.05) is 25.4 Å². The molecule has 12 heteroatoms. The summed E-state index contributed by atoms with van der Waals surface area (Å²) in [5, 5.41) is 4.89. The van der Waals surface area contributed by atoms with E-state index in [0.29, 0.717) is 48.2 Å². The monoisotopic (exact) mass is 667 g/mol. The second-order valence-corrected chi connectivity index (χ2v) is 11.9. The maximum Gasteiger partial charge on any atom is 0.416 e. The normalized spacial score (nSPS) is 11.6. The highest BCUT2D eigenvalue weighted by molar-refractivity contribution is 7.98. The van der Waals surface area contributed by atoms with E-state index in [2.05, 4.69) is 28.8 Å². The van der Waals surface area contributed by atoms with Crippen LogP contribution in [-0.4, -0.2) is 63.8 Å². The van der Waals surface area contributed by atoms with Gasteiger partial charge in [0.2, 0.25) is 5.91 Å². The Morgan fingerprint density at radius 3 is 2.02 bits per heavy atom. The zero-order chi connectivity index (χ0) is 34.0. The molecule has 0 fully saturated rings. The van der Waals surface area contributed by atoms with Crippen LogP contribution >= 0.6 is 11.8 Å². The third-order valence-electron chi connectivity index (χ3n) is 7.86. The molecule has 0 aliphatic carbocycles. The highest BCUT2D eigenvalue weighted by Crippen LogP contribution is 2.31. The van der Waals surface area contributed by atoms with Crippen molar-refractivity contribution in [3.05, 3.63) is 106 Å². The minimum absolute atomic E-state index is 0.0902. The second kappa shape index (κ2) is 16.6. The van der Waals surface area contributed by atoms with Gasteiger partial charge < -0.3 is 14.5 Å². The lowest BCUT2D eigenvalue weighted by atomic mass is 10.0. The summed E-state index contributed by atoms with van der Waals surface area (Å²) in [6, 6.07) is 20.1. The molecule has 0 bridgehead atoms. The summed E-state index contributed by atoms with van der Waals surface area (Å²) < 4.78 is 45.8. The number of ether oxygens (including phenoxy) is 1. The number of hydrogen-bond acceptors (Lipinski definition) is 7. The number of aromatic nitrogens is 3. The molecule has 0 saturated heterocycles. The second-order valence-electron chi connectivity index (χ2n) is 10.9. The minimum atomic E-state index is -4.39. The number of carbonyl (C=O) groups excluding carboxylic acids is 1. The van der Waals surface area contributed by atoms with Crippen molar-refractivity contribution in [3.63, 3.8) is 0 Å². The maximum absolute atomic E-state index is 13.9. The molecular weight excluding hydrogens is 627 g/mol. The van der Waals surface area contributed by atoms with Crippen LogP contribution in [-0.2, 0) is 36.2 Å². The molecule has 8 nitrogen and oxygen atoms in total. The van der Waals surface area contributed by atoms with Crippen molar-refractivity contribution in [2.24, 2.45) is 0 Å². The lowest BCUT2D eigenvalue weighted by Gasteiger charge is -2.27. The molecule has 3 aromatic carbocycles. The number of methoxy groups -OCH3 is 1. The molecule has 0 N–H and O–H groups in total. The van der Waals surface area contributed by atoms with E-state index in [1.54, 1.807) is 12.0 Å². The van der Waals surface area contributed by atoms with E-state index in [1.807, 2.05) is 55.5 Å². The fraction of sp³-hybridized carbons (Fsp3) is 0.371. The molecule has 0 saturated carbocycles. The number of likely N-dealkylation sites (N-methyl/N-ethyl adjacent to an activating group) is 1. The lowest BCUT2D eigenvalue weighted by molar-refractivity contribution is -0.137. The number of thioether (sulfide) groups is 1. The fourth-order valence-corrected chi connectivity index (χ4v) is 5.83. The molecule has 0 aliphatic heterocycles. The lowest BCUT2D eigenvalue weighted by Crippen LogP contribution is -2.40. The van der Waals surface area contributed by atoms with Crippen molar-refractivity contribution < 1.29 is 22.7 Å². The van der Waals surface area contributed by atoms with Crippen molar-refractivity contribution in [1.29, 1.82) is 0 Å². The quantitative estimate of drug-likeness (QED) is 0.133. The molecule has 47 heavy (non-hydrogen) atoms. The van der Waals surface area contributed by atoms with E-state index in [-0.39, 0.29) is 12.5 Å². The molecule has 0 spiro atoms. The van der Waals surface area contributed by atoms with E-state index in [4.69, 9.17) is 4.74 Å². The SMILES string of the molecule is CCc1nn(CC(=O)N(CCN(CC)CC)Cc2ccc(-c3ccc(C(F)(F)F)cc3)cc2)c(SCc2ccc(OC)cc2)nc1=O. The van der Waals surface area contributed by atoms with Crippen molar-refractivity contribution in [1.82, 2.24) is 24.6 Å². The first kappa shape index (κ1) is 35.7. The number of halogens is 3. The van der Waals surface area contributed by atoms with Crippen molar-refractivity contribution >= 4 is 17.7 Å². The topological polar surface area (TPSA) is 80.6 Å². The number of aryl methyl sites for hydroxylation is 1. The molecule has 0 radical (unpaired) electrons. The van der Waals surface area contributed by atoms with Crippen LogP contribution in [0.2, 0.25) is 0 Å². The average Bonchev–Trinajstić information content (AvgIpc) is 3.08. The first-order valence-corrected chi connectivity index (χ1v) is 16.5. The summed E-state index contributed by atoms with van der Waals surface area (Å²) in [7, 11) is 1.61. The predicted molar refractivity (Wildman–Crippen MR) is 178 cm³/mol. The summed E-state index contributed by atoms with van der Waals surface area (Å²) >= 11 is 1.34. The number of nitrogens with zero attached hydrogens (tertiary/aromatic N) is 5. The fourth-order valence-electron chi connectivity index (χ4n) is 4.94. The van der Waals surface area contributed by atoms with E-state index in [9.17, 15) is 22.8 Å². The zero-order valence-corrected chi connectivity index (χ0v) is 27.9. The van der Waals surface area contributed by atoms with E-state index in [1.165, 1.54) is 28.6 Å². The Hall–Kier alpha value is -4.16. The molecule has 0 atom stereocenters. The van der Waals surface area contributed by atoms with Gasteiger partial charge in [-0.1, -0.05) is 81.1 Å². The molecule has 1 amide bonds. The average molecular weight is 668 g/mol. The number of alkyl halides is 3. The van der Waals surface area contributed by atoms with Gasteiger partial charge in [0.15, 0.2) is 5.16 Å². The van der Waals surface area contributed by atoms with Gasteiger partial charge in [0.25, 0.3) is 5.56 Å². The number of benzene rings is 3. The van der Waals surface area contributed by atoms with E-state index < -0.39 is 17.3 Å². The molecule has 4 rings (SSSR count). The van der Waals surface area contributed by atoms with Crippen LogP contribution in [0.3, 0.4) is 0 Å². The first-order chi connectivity index (χ1) is 22.5. The van der Waals surface area contributed by atoms with E-state index in [0.717, 1.165) is 47.7 Å². The first-order valence-electron chi connectivity index (χ1n) is 15.5. The summed E-state index contributed by atoms with van der Waals surface area (Å²) in [6.45, 7) is 9.06. The van der Waals surface area contributed by atoms with Gasteiger partial charge in [0.05, 0.1) is 12.7 Å². The van der Waals surface area contributed by atoms with Gasteiger partial charge in [-0.3, -0.25) is 9.59 Å². The largest absolute Gasteiger partial charge is 0.497 e. The van der Waals surface area contributed by atoms with Crippen LogP contribution in [0.5, 0.6) is 5.75 Å². The van der Waals surface area contributed by atoms with Crippen LogP contribution in [0.25, 0.3) is 11.1 Å². The number of rotatable bonds is 15. The third-order valence-corrected chi connectivity index (χ3v) is 8.90. The molecule has 4 aromatic rings. The Bertz CT molecular complexity index is 1660. The number of carbonyl (C=O) groups is 1. The van der Waals surface area contributed by atoms with Crippen LogP contribution in [0.4, 0.5) is 13.2 Å². The van der Waals surface area contributed by atoms with Crippen LogP contribution in [0, 0.1) is 0 Å². The van der Waals surface area contributed by atoms with Gasteiger partial charge in [0.1, 0.15) is 18.0 Å². The predicted octanol–water partition coefficient (Wildman–Crippen LogP) is 6.56. The van der Waals surface area contributed by atoms with Crippen molar-refractivity contribution in [2.45, 2.75) is 57.4 Å². The van der Waals surface area contributed by atoms with Gasteiger partial charge in [-0.25, -0.2) is 4.68 Å².